The van der Waals surface area contributed by atoms with Crippen molar-refractivity contribution in [3.8, 4) is 5.75 Å². The Morgan fingerprint density at radius 1 is 1.30 bits per heavy atom. The molecule has 1 unspecified atom stereocenters. The van der Waals surface area contributed by atoms with Crippen LogP contribution >= 0.6 is 22.6 Å². The zero-order valence-corrected chi connectivity index (χ0v) is 14.9. The van der Waals surface area contributed by atoms with Crippen LogP contribution in [0.25, 0.3) is 0 Å². The number of rotatable bonds is 5. The van der Waals surface area contributed by atoms with Gasteiger partial charge in [-0.1, -0.05) is 0 Å². The molecule has 0 aliphatic heterocycles. The number of aryl methyl sites for hydroxylation is 1. The molecule has 0 aromatic heterocycles. The zero-order valence-electron chi connectivity index (χ0n) is 12.8. The average Bonchev–Trinajstić information content (AvgIpc) is 2.50. The molecule has 4 nitrogen and oxygen atoms in total. The van der Waals surface area contributed by atoms with E-state index in [0.717, 1.165) is 9.13 Å². The number of hydrogen-bond acceptors (Lipinski definition) is 3. The van der Waals surface area contributed by atoms with E-state index >= 15 is 0 Å². The number of benzene rings is 2. The standard InChI is InChI=1S/C17H17FINO3/c1-11-9-13(5-8-15(11)19)20-16(21)17(2,22)10-23-14-6-3-12(18)4-7-14/h3-9,22H,10H2,1-2H3,(H,20,21). The van der Waals surface area contributed by atoms with Gasteiger partial charge in [-0.25, -0.2) is 4.39 Å². The van der Waals surface area contributed by atoms with E-state index in [4.69, 9.17) is 4.74 Å². The molecule has 0 saturated heterocycles. The molecule has 2 aromatic rings. The average molecular weight is 429 g/mol. The van der Waals surface area contributed by atoms with E-state index in [1.54, 1.807) is 6.07 Å². The summed E-state index contributed by atoms with van der Waals surface area (Å²) in [6.45, 7) is 3.06. The van der Waals surface area contributed by atoms with Gasteiger partial charge >= 0.3 is 0 Å². The number of aliphatic hydroxyl groups is 1. The zero-order chi connectivity index (χ0) is 17.0. The first-order valence-corrected chi connectivity index (χ1v) is 8.04. The molecular formula is C17H17FINO3. The molecule has 6 heteroatoms. The largest absolute Gasteiger partial charge is 0.490 e. The maximum Gasteiger partial charge on any atom is 0.259 e. The van der Waals surface area contributed by atoms with Crippen molar-refractivity contribution in [3.63, 3.8) is 0 Å². The number of halogens is 2. The number of hydrogen-bond donors (Lipinski definition) is 2. The predicted molar refractivity (Wildman–Crippen MR) is 95.0 cm³/mol. The first-order valence-electron chi connectivity index (χ1n) is 6.96. The lowest BCUT2D eigenvalue weighted by molar-refractivity contribution is -0.135. The van der Waals surface area contributed by atoms with Crippen LogP contribution in [0.4, 0.5) is 10.1 Å². The van der Waals surface area contributed by atoms with Crippen LogP contribution in [0.3, 0.4) is 0 Å². The van der Waals surface area contributed by atoms with Crippen molar-refractivity contribution in [3.05, 3.63) is 57.4 Å². The van der Waals surface area contributed by atoms with Crippen LogP contribution in [0.15, 0.2) is 42.5 Å². The van der Waals surface area contributed by atoms with Crippen molar-refractivity contribution in [2.75, 3.05) is 11.9 Å². The minimum absolute atomic E-state index is 0.242. The Morgan fingerprint density at radius 2 is 1.96 bits per heavy atom. The number of carbonyl (C=O) groups is 1. The summed E-state index contributed by atoms with van der Waals surface area (Å²) in [6, 6.07) is 10.9. The Kier molecular flexibility index (Phi) is 5.59. The van der Waals surface area contributed by atoms with Crippen molar-refractivity contribution >= 4 is 34.2 Å². The van der Waals surface area contributed by atoms with Gasteiger partial charge in [-0.05, 0) is 84.5 Å². The topological polar surface area (TPSA) is 58.6 Å². The molecule has 0 aliphatic rings. The fourth-order valence-corrected chi connectivity index (χ4v) is 2.14. The summed E-state index contributed by atoms with van der Waals surface area (Å²) in [6.07, 6.45) is 0. The minimum Gasteiger partial charge on any atom is -0.490 e. The third kappa shape index (κ3) is 4.90. The van der Waals surface area contributed by atoms with Crippen molar-refractivity contribution in [2.45, 2.75) is 19.4 Å². The van der Waals surface area contributed by atoms with E-state index in [1.165, 1.54) is 31.2 Å². The lowest BCUT2D eigenvalue weighted by Crippen LogP contribution is -2.45. The maximum atomic E-state index is 12.8. The second-order valence-electron chi connectivity index (χ2n) is 5.43. The van der Waals surface area contributed by atoms with Gasteiger partial charge in [0.1, 0.15) is 18.2 Å². The first kappa shape index (κ1) is 17.7. The Labute approximate surface area is 147 Å². The minimum atomic E-state index is -1.72. The molecule has 0 fully saturated rings. The number of carbonyl (C=O) groups excluding carboxylic acids is 1. The van der Waals surface area contributed by atoms with Gasteiger partial charge in [-0.15, -0.1) is 0 Å². The van der Waals surface area contributed by atoms with Gasteiger partial charge in [-0.3, -0.25) is 4.79 Å². The molecule has 1 amide bonds. The van der Waals surface area contributed by atoms with Crippen molar-refractivity contribution < 1.29 is 19.0 Å². The molecule has 0 aliphatic carbocycles. The Morgan fingerprint density at radius 3 is 2.57 bits per heavy atom. The molecule has 0 radical (unpaired) electrons. The Hall–Kier alpha value is -1.67. The lowest BCUT2D eigenvalue weighted by atomic mass is 10.1. The molecule has 2 aromatic carbocycles. The molecule has 0 spiro atoms. The smallest absolute Gasteiger partial charge is 0.259 e. The molecule has 2 N–H and O–H groups in total. The highest BCUT2D eigenvalue weighted by Gasteiger charge is 2.31. The van der Waals surface area contributed by atoms with E-state index in [1.807, 2.05) is 19.1 Å². The second kappa shape index (κ2) is 7.27. The van der Waals surface area contributed by atoms with Gasteiger partial charge in [-0.2, -0.15) is 0 Å². The van der Waals surface area contributed by atoms with E-state index < -0.39 is 11.5 Å². The molecule has 0 bridgehead atoms. The van der Waals surface area contributed by atoms with E-state index in [-0.39, 0.29) is 12.4 Å². The predicted octanol–water partition coefficient (Wildman–Crippen LogP) is 3.51. The van der Waals surface area contributed by atoms with Crippen LogP contribution in [0.2, 0.25) is 0 Å². The highest BCUT2D eigenvalue weighted by molar-refractivity contribution is 14.1. The van der Waals surface area contributed by atoms with Gasteiger partial charge in [0, 0.05) is 9.26 Å². The monoisotopic (exact) mass is 429 g/mol. The quantitative estimate of drug-likeness (QED) is 0.716. The van der Waals surface area contributed by atoms with Gasteiger partial charge < -0.3 is 15.2 Å². The molecule has 2 rings (SSSR count). The summed E-state index contributed by atoms with van der Waals surface area (Å²) in [7, 11) is 0. The van der Waals surface area contributed by atoms with Crippen molar-refractivity contribution in [1.82, 2.24) is 0 Å². The third-order valence-corrected chi connectivity index (χ3v) is 4.45. The number of nitrogens with one attached hydrogen (secondary N) is 1. The summed E-state index contributed by atoms with van der Waals surface area (Å²) >= 11 is 2.20. The lowest BCUT2D eigenvalue weighted by Gasteiger charge is -2.22. The van der Waals surface area contributed by atoms with Gasteiger partial charge in [0.05, 0.1) is 0 Å². The normalized spacial score (nSPS) is 13.3. The Balaban J connectivity index is 1.98. The molecule has 122 valence electrons. The summed E-state index contributed by atoms with van der Waals surface area (Å²) in [5.74, 6) is -0.569. The van der Waals surface area contributed by atoms with Gasteiger partial charge in [0.2, 0.25) is 0 Å². The molecule has 0 heterocycles. The summed E-state index contributed by atoms with van der Waals surface area (Å²) < 4.78 is 19.3. The summed E-state index contributed by atoms with van der Waals surface area (Å²) in [5.41, 5.74) is -0.0776. The third-order valence-electron chi connectivity index (χ3n) is 3.24. The molecule has 0 saturated carbocycles. The highest BCUT2D eigenvalue weighted by atomic mass is 127. The van der Waals surface area contributed by atoms with Crippen LogP contribution in [0.5, 0.6) is 5.75 Å². The fourth-order valence-electron chi connectivity index (χ4n) is 1.81. The van der Waals surface area contributed by atoms with Crippen LogP contribution in [-0.2, 0) is 4.79 Å². The molecule has 23 heavy (non-hydrogen) atoms. The van der Waals surface area contributed by atoms with Gasteiger partial charge in [0.15, 0.2) is 5.60 Å². The van der Waals surface area contributed by atoms with Crippen molar-refractivity contribution in [1.29, 1.82) is 0 Å². The van der Waals surface area contributed by atoms with E-state index in [2.05, 4.69) is 27.9 Å². The van der Waals surface area contributed by atoms with Crippen molar-refractivity contribution in [2.24, 2.45) is 0 Å². The first-order chi connectivity index (χ1) is 10.8. The van der Waals surface area contributed by atoms with E-state index in [9.17, 15) is 14.3 Å². The number of ether oxygens (including phenoxy) is 1. The van der Waals surface area contributed by atoms with Crippen LogP contribution in [0.1, 0.15) is 12.5 Å². The molecular weight excluding hydrogens is 412 g/mol. The van der Waals surface area contributed by atoms with Crippen LogP contribution in [-0.4, -0.2) is 23.2 Å². The van der Waals surface area contributed by atoms with Gasteiger partial charge in [0.25, 0.3) is 5.91 Å². The number of anilines is 1. The van der Waals surface area contributed by atoms with E-state index in [0.29, 0.717) is 11.4 Å². The summed E-state index contributed by atoms with van der Waals surface area (Å²) in [5, 5.41) is 12.9. The fraction of sp³-hybridized carbons (Fsp3) is 0.235. The Bertz CT molecular complexity index is 701. The second-order valence-corrected chi connectivity index (χ2v) is 6.60. The maximum absolute atomic E-state index is 12.8. The molecule has 1 atom stereocenters. The SMILES string of the molecule is Cc1cc(NC(=O)C(C)(O)COc2ccc(F)cc2)ccc1I. The summed E-state index contributed by atoms with van der Waals surface area (Å²) in [4.78, 5) is 12.2. The van der Waals surface area contributed by atoms with Crippen LogP contribution in [0, 0.1) is 16.3 Å². The number of amides is 1. The van der Waals surface area contributed by atoms with Crippen LogP contribution < -0.4 is 10.1 Å². The highest BCUT2D eigenvalue weighted by Crippen LogP contribution is 2.19.